The number of hydrogen-bond donors (Lipinski definition) is 1. The maximum atomic E-state index is 13.2. The lowest BCUT2D eigenvalue weighted by Crippen LogP contribution is -2.26. The van der Waals surface area contributed by atoms with Crippen LogP contribution in [0.3, 0.4) is 0 Å². The Balaban J connectivity index is 2.09. The molecule has 1 N–H and O–H groups in total. The number of nitrogens with one attached hydrogen (secondary N) is 1. The van der Waals surface area contributed by atoms with Crippen LogP contribution < -0.4 is 5.32 Å². The van der Waals surface area contributed by atoms with Crippen molar-refractivity contribution in [1.29, 1.82) is 5.26 Å². The van der Waals surface area contributed by atoms with E-state index < -0.39 is 10.7 Å². The molecule has 1 aromatic rings. The Morgan fingerprint density at radius 3 is 2.63 bits per heavy atom. The molecule has 0 amide bonds. The van der Waals surface area contributed by atoms with Crippen molar-refractivity contribution in [2.75, 3.05) is 5.32 Å². The third kappa shape index (κ3) is 3.19. The molecule has 1 saturated carbocycles. The zero-order valence-electron chi connectivity index (χ0n) is 10.3. The summed E-state index contributed by atoms with van der Waals surface area (Å²) in [5.41, 5.74) is 0.0919. The third-order valence-corrected chi connectivity index (χ3v) is 3.42. The SMILES string of the molecule is N#CC1CCC(Nc2cc(F)ccc2[N+](=O)[O-])CC1. The molecule has 5 nitrogen and oxygen atoms in total. The first-order valence-electron chi connectivity index (χ1n) is 6.20. The van der Waals surface area contributed by atoms with E-state index in [4.69, 9.17) is 5.26 Å². The van der Waals surface area contributed by atoms with Gasteiger partial charge in [-0.1, -0.05) is 0 Å². The Kier molecular flexibility index (Phi) is 3.95. The molecule has 0 heterocycles. The van der Waals surface area contributed by atoms with E-state index in [2.05, 4.69) is 11.4 Å². The van der Waals surface area contributed by atoms with Crippen LogP contribution >= 0.6 is 0 Å². The second kappa shape index (κ2) is 5.65. The maximum Gasteiger partial charge on any atom is 0.292 e. The van der Waals surface area contributed by atoms with Gasteiger partial charge in [0.1, 0.15) is 11.5 Å². The first kappa shape index (κ1) is 13.3. The summed E-state index contributed by atoms with van der Waals surface area (Å²) in [6.45, 7) is 0. The highest BCUT2D eigenvalue weighted by Gasteiger charge is 2.23. The van der Waals surface area contributed by atoms with Gasteiger partial charge in [0.15, 0.2) is 0 Å². The molecule has 0 bridgehead atoms. The molecule has 0 saturated heterocycles. The monoisotopic (exact) mass is 263 g/mol. The molecule has 0 radical (unpaired) electrons. The number of nitro groups is 1. The minimum atomic E-state index is -0.525. The van der Waals surface area contributed by atoms with Crippen LogP contribution in [0.25, 0.3) is 0 Å². The van der Waals surface area contributed by atoms with Crippen molar-refractivity contribution >= 4 is 11.4 Å². The number of nitro benzene ring substituents is 1. The number of hydrogen-bond acceptors (Lipinski definition) is 4. The van der Waals surface area contributed by atoms with Gasteiger partial charge >= 0.3 is 0 Å². The second-order valence-corrected chi connectivity index (χ2v) is 4.74. The Hall–Kier alpha value is -2.16. The van der Waals surface area contributed by atoms with Crippen LogP contribution in [0.1, 0.15) is 25.7 Å². The van der Waals surface area contributed by atoms with Gasteiger partial charge in [0, 0.05) is 24.1 Å². The molecule has 1 aliphatic carbocycles. The van der Waals surface area contributed by atoms with Gasteiger partial charge in [-0.25, -0.2) is 4.39 Å². The van der Waals surface area contributed by atoms with Gasteiger partial charge < -0.3 is 5.32 Å². The van der Waals surface area contributed by atoms with Crippen LogP contribution in [0.2, 0.25) is 0 Å². The number of anilines is 1. The number of halogens is 1. The molecule has 1 fully saturated rings. The fourth-order valence-electron chi connectivity index (χ4n) is 2.37. The van der Waals surface area contributed by atoms with Crippen LogP contribution in [0.15, 0.2) is 18.2 Å². The maximum absolute atomic E-state index is 13.2. The quantitative estimate of drug-likeness (QED) is 0.670. The summed E-state index contributed by atoms with van der Waals surface area (Å²) >= 11 is 0. The molecule has 1 aliphatic rings. The Morgan fingerprint density at radius 2 is 2.05 bits per heavy atom. The third-order valence-electron chi connectivity index (χ3n) is 3.42. The van der Waals surface area contributed by atoms with Crippen LogP contribution in [-0.4, -0.2) is 11.0 Å². The molecule has 6 heteroatoms. The van der Waals surface area contributed by atoms with E-state index in [0.29, 0.717) is 0 Å². The molecular formula is C13H14FN3O2. The van der Waals surface area contributed by atoms with Gasteiger partial charge in [0.05, 0.1) is 11.0 Å². The fourth-order valence-corrected chi connectivity index (χ4v) is 2.37. The summed E-state index contributed by atoms with van der Waals surface area (Å²) in [7, 11) is 0. The molecule has 0 spiro atoms. The van der Waals surface area contributed by atoms with Crippen LogP contribution in [-0.2, 0) is 0 Å². The lowest BCUT2D eigenvalue weighted by Gasteiger charge is -2.26. The van der Waals surface area contributed by atoms with Crippen molar-refractivity contribution in [3.8, 4) is 6.07 Å². The highest BCUT2D eigenvalue weighted by molar-refractivity contribution is 5.61. The zero-order chi connectivity index (χ0) is 13.8. The highest BCUT2D eigenvalue weighted by atomic mass is 19.1. The first-order chi connectivity index (χ1) is 9.10. The molecular weight excluding hydrogens is 249 g/mol. The average Bonchev–Trinajstić information content (AvgIpc) is 2.39. The first-order valence-corrected chi connectivity index (χ1v) is 6.20. The molecule has 0 unspecified atom stereocenters. The minimum Gasteiger partial charge on any atom is -0.377 e. The Labute approximate surface area is 110 Å². The fraction of sp³-hybridized carbons (Fsp3) is 0.462. The summed E-state index contributed by atoms with van der Waals surface area (Å²) in [4.78, 5) is 10.3. The van der Waals surface area contributed by atoms with E-state index in [0.717, 1.165) is 37.8 Å². The summed E-state index contributed by atoms with van der Waals surface area (Å²) in [6.07, 6.45) is 3.09. The Morgan fingerprint density at radius 1 is 1.37 bits per heavy atom. The largest absolute Gasteiger partial charge is 0.377 e. The molecule has 19 heavy (non-hydrogen) atoms. The highest BCUT2D eigenvalue weighted by Crippen LogP contribution is 2.30. The van der Waals surface area contributed by atoms with E-state index in [1.807, 2.05) is 0 Å². The lowest BCUT2D eigenvalue weighted by molar-refractivity contribution is -0.384. The number of rotatable bonds is 3. The summed E-state index contributed by atoms with van der Waals surface area (Å²) < 4.78 is 13.2. The van der Waals surface area contributed by atoms with E-state index in [9.17, 15) is 14.5 Å². The molecule has 1 aromatic carbocycles. The summed E-state index contributed by atoms with van der Waals surface area (Å²) in [6, 6.07) is 5.68. The van der Waals surface area contributed by atoms with Crippen molar-refractivity contribution in [3.63, 3.8) is 0 Å². The number of nitrogens with zero attached hydrogens (tertiary/aromatic N) is 2. The van der Waals surface area contributed by atoms with Crippen molar-refractivity contribution < 1.29 is 9.31 Å². The normalized spacial score (nSPS) is 22.5. The van der Waals surface area contributed by atoms with Crippen molar-refractivity contribution in [3.05, 3.63) is 34.1 Å². The van der Waals surface area contributed by atoms with Crippen LogP contribution in [0.4, 0.5) is 15.8 Å². The molecule has 0 aliphatic heterocycles. The predicted octanol–water partition coefficient (Wildman–Crippen LogP) is 3.23. The van der Waals surface area contributed by atoms with Crippen molar-refractivity contribution in [2.24, 2.45) is 5.92 Å². The zero-order valence-corrected chi connectivity index (χ0v) is 10.3. The van der Waals surface area contributed by atoms with E-state index >= 15 is 0 Å². The number of benzene rings is 1. The van der Waals surface area contributed by atoms with Gasteiger partial charge in [-0.05, 0) is 31.7 Å². The van der Waals surface area contributed by atoms with Gasteiger partial charge in [-0.2, -0.15) is 5.26 Å². The lowest BCUT2D eigenvalue weighted by atomic mass is 9.87. The van der Waals surface area contributed by atoms with Gasteiger partial charge in [0.2, 0.25) is 0 Å². The summed E-state index contributed by atoms with van der Waals surface area (Å²) in [5.74, 6) is -0.431. The predicted molar refractivity (Wildman–Crippen MR) is 68.0 cm³/mol. The summed E-state index contributed by atoms with van der Waals surface area (Å²) in [5, 5.41) is 22.7. The molecule has 100 valence electrons. The minimum absolute atomic E-state index is 0.0603. The van der Waals surface area contributed by atoms with Crippen molar-refractivity contribution in [2.45, 2.75) is 31.7 Å². The van der Waals surface area contributed by atoms with Gasteiger partial charge in [-0.15, -0.1) is 0 Å². The molecule has 0 aromatic heterocycles. The molecule has 2 rings (SSSR count). The topological polar surface area (TPSA) is 79.0 Å². The average molecular weight is 263 g/mol. The van der Waals surface area contributed by atoms with Crippen molar-refractivity contribution in [1.82, 2.24) is 0 Å². The Bertz CT molecular complexity index is 519. The second-order valence-electron chi connectivity index (χ2n) is 4.74. The van der Waals surface area contributed by atoms with E-state index in [1.54, 1.807) is 0 Å². The smallest absolute Gasteiger partial charge is 0.292 e. The molecule has 0 atom stereocenters. The number of nitriles is 1. The van der Waals surface area contributed by atoms with Gasteiger partial charge in [0.25, 0.3) is 5.69 Å². The van der Waals surface area contributed by atoms with Crippen LogP contribution in [0.5, 0.6) is 0 Å². The standard InChI is InChI=1S/C13H14FN3O2/c14-10-3-6-13(17(18)19)12(7-10)16-11-4-1-9(8-15)2-5-11/h3,6-7,9,11,16H,1-2,4-5H2. The van der Waals surface area contributed by atoms with E-state index in [-0.39, 0.29) is 23.3 Å². The van der Waals surface area contributed by atoms with Gasteiger partial charge in [-0.3, -0.25) is 10.1 Å². The van der Waals surface area contributed by atoms with E-state index in [1.165, 1.54) is 6.07 Å². The van der Waals surface area contributed by atoms with Crippen LogP contribution in [0, 0.1) is 33.2 Å².